The molecule has 0 saturated carbocycles. The second kappa shape index (κ2) is 7.24. The van der Waals surface area contributed by atoms with E-state index in [9.17, 15) is 9.18 Å². The number of rotatable bonds is 7. The standard InChI is InChI=1S/C14H20FNO2/c1-11-4-5-12(10-13(11)15)14(17)6-7-16(2)8-9-18-3/h4-5,10H,6-9H2,1-3H3. The summed E-state index contributed by atoms with van der Waals surface area (Å²) in [7, 11) is 3.58. The van der Waals surface area contributed by atoms with E-state index in [0.717, 1.165) is 6.54 Å². The highest BCUT2D eigenvalue weighted by Gasteiger charge is 2.09. The summed E-state index contributed by atoms with van der Waals surface area (Å²) in [6, 6.07) is 4.62. The van der Waals surface area contributed by atoms with Crippen LogP contribution in [0.1, 0.15) is 22.3 Å². The summed E-state index contributed by atoms with van der Waals surface area (Å²) in [4.78, 5) is 13.9. The van der Waals surface area contributed by atoms with E-state index >= 15 is 0 Å². The fourth-order valence-electron chi connectivity index (χ4n) is 1.56. The van der Waals surface area contributed by atoms with E-state index in [2.05, 4.69) is 0 Å². The maximum atomic E-state index is 13.3. The van der Waals surface area contributed by atoms with Crippen LogP contribution in [0.25, 0.3) is 0 Å². The number of nitrogens with zero attached hydrogens (tertiary/aromatic N) is 1. The van der Waals surface area contributed by atoms with Gasteiger partial charge in [-0.15, -0.1) is 0 Å². The van der Waals surface area contributed by atoms with Gasteiger partial charge < -0.3 is 9.64 Å². The number of halogens is 1. The van der Waals surface area contributed by atoms with Gasteiger partial charge in [0.25, 0.3) is 0 Å². The van der Waals surface area contributed by atoms with Gasteiger partial charge in [-0.3, -0.25) is 4.79 Å². The number of likely N-dealkylation sites (N-methyl/N-ethyl adjacent to an activating group) is 1. The van der Waals surface area contributed by atoms with E-state index in [1.54, 1.807) is 26.2 Å². The van der Waals surface area contributed by atoms with E-state index in [1.807, 2.05) is 11.9 Å². The molecule has 0 aromatic heterocycles. The number of ketones is 1. The van der Waals surface area contributed by atoms with Gasteiger partial charge in [0.1, 0.15) is 5.82 Å². The average Bonchev–Trinajstić information content (AvgIpc) is 2.36. The molecule has 100 valence electrons. The van der Waals surface area contributed by atoms with Crippen LogP contribution in [0.5, 0.6) is 0 Å². The third-order valence-electron chi connectivity index (χ3n) is 2.89. The van der Waals surface area contributed by atoms with Gasteiger partial charge in [-0.2, -0.15) is 0 Å². The number of carbonyl (C=O) groups is 1. The minimum Gasteiger partial charge on any atom is -0.383 e. The molecule has 0 aliphatic rings. The summed E-state index contributed by atoms with van der Waals surface area (Å²) < 4.78 is 18.3. The molecule has 0 unspecified atom stereocenters. The van der Waals surface area contributed by atoms with Crippen LogP contribution in [0.2, 0.25) is 0 Å². The zero-order valence-electron chi connectivity index (χ0n) is 11.2. The van der Waals surface area contributed by atoms with Crippen LogP contribution in [0, 0.1) is 12.7 Å². The first-order valence-electron chi connectivity index (χ1n) is 6.01. The normalized spacial score (nSPS) is 10.9. The number of benzene rings is 1. The molecule has 0 bridgehead atoms. The highest BCUT2D eigenvalue weighted by molar-refractivity contribution is 5.96. The molecule has 0 aliphatic heterocycles. The minimum atomic E-state index is -0.325. The Balaban J connectivity index is 2.47. The molecule has 0 amide bonds. The summed E-state index contributed by atoms with van der Waals surface area (Å²) in [6.45, 7) is 3.76. The van der Waals surface area contributed by atoms with E-state index in [-0.39, 0.29) is 11.6 Å². The average molecular weight is 253 g/mol. The molecular formula is C14H20FNO2. The Morgan fingerprint density at radius 1 is 1.39 bits per heavy atom. The van der Waals surface area contributed by atoms with E-state index in [0.29, 0.717) is 30.7 Å². The Labute approximate surface area is 108 Å². The minimum absolute atomic E-state index is 0.0295. The molecule has 1 aromatic carbocycles. The van der Waals surface area contributed by atoms with E-state index in [1.165, 1.54) is 6.07 Å². The van der Waals surface area contributed by atoms with Gasteiger partial charge in [0, 0.05) is 32.2 Å². The van der Waals surface area contributed by atoms with Gasteiger partial charge in [-0.1, -0.05) is 12.1 Å². The third-order valence-corrected chi connectivity index (χ3v) is 2.89. The van der Waals surface area contributed by atoms with Crippen molar-refractivity contribution in [1.29, 1.82) is 0 Å². The second-order valence-electron chi connectivity index (χ2n) is 4.43. The van der Waals surface area contributed by atoms with Gasteiger partial charge in [0.2, 0.25) is 0 Å². The van der Waals surface area contributed by atoms with E-state index in [4.69, 9.17) is 4.74 Å². The topological polar surface area (TPSA) is 29.5 Å². The third kappa shape index (κ3) is 4.55. The molecule has 0 radical (unpaired) electrons. The predicted octanol–water partition coefficient (Wildman–Crippen LogP) is 2.29. The lowest BCUT2D eigenvalue weighted by atomic mass is 10.1. The summed E-state index contributed by atoms with van der Waals surface area (Å²) >= 11 is 0. The first kappa shape index (κ1) is 14.8. The smallest absolute Gasteiger partial charge is 0.164 e. The van der Waals surface area contributed by atoms with Gasteiger partial charge >= 0.3 is 0 Å². The Morgan fingerprint density at radius 3 is 2.72 bits per heavy atom. The van der Waals surface area contributed by atoms with Crippen molar-refractivity contribution in [2.75, 3.05) is 33.9 Å². The molecule has 18 heavy (non-hydrogen) atoms. The van der Waals surface area contributed by atoms with Crippen LogP contribution in [-0.2, 0) is 4.74 Å². The van der Waals surface area contributed by atoms with Crippen LogP contribution in [0.4, 0.5) is 4.39 Å². The predicted molar refractivity (Wildman–Crippen MR) is 69.5 cm³/mol. The summed E-state index contributed by atoms with van der Waals surface area (Å²) in [5, 5.41) is 0. The molecule has 0 heterocycles. The molecule has 1 aromatic rings. The number of aryl methyl sites for hydroxylation is 1. The first-order valence-corrected chi connectivity index (χ1v) is 6.01. The molecule has 4 heteroatoms. The maximum absolute atomic E-state index is 13.3. The molecule has 0 spiro atoms. The van der Waals surface area contributed by atoms with Crippen LogP contribution in [0.15, 0.2) is 18.2 Å². The Morgan fingerprint density at radius 2 is 2.11 bits per heavy atom. The van der Waals surface area contributed by atoms with Crippen molar-refractivity contribution in [3.8, 4) is 0 Å². The fraction of sp³-hybridized carbons (Fsp3) is 0.500. The fourth-order valence-corrected chi connectivity index (χ4v) is 1.56. The van der Waals surface area contributed by atoms with Crippen molar-refractivity contribution in [2.24, 2.45) is 0 Å². The summed E-state index contributed by atoms with van der Waals surface area (Å²) in [6.07, 6.45) is 0.392. The number of ether oxygens (including phenoxy) is 1. The zero-order valence-corrected chi connectivity index (χ0v) is 11.2. The number of Topliss-reactive ketones (excluding diaryl/α,β-unsaturated/α-hetero) is 1. The quantitative estimate of drug-likeness (QED) is 0.698. The van der Waals surface area contributed by atoms with Crippen LogP contribution >= 0.6 is 0 Å². The lowest BCUT2D eigenvalue weighted by molar-refractivity contribution is 0.0959. The monoisotopic (exact) mass is 253 g/mol. The zero-order chi connectivity index (χ0) is 13.5. The number of carbonyl (C=O) groups excluding carboxylic acids is 1. The number of hydrogen-bond donors (Lipinski definition) is 0. The largest absolute Gasteiger partial charge is 0.383 e. The molecule has 3 nitrogen and oxygen atoms in total. The molecule has 0 atom stereocenters. The number of methoxy groups -OCH3 is 1. The van der Waals surface area contributed by atoms with Crippen molar-refractivity contribution >= 4 is 5.78 Å². The lowest BCUT2D eigenvalue weighted by Crippen LogP contribution is -2.25. The highest BCUT2D eigenvalue weighted by Crippen LogP contribution is 2.11. The molecule has 0 N–H and O–H groups in total. The summed E-state index contributed by atoms with van der Waals surface area (Å²) in [5.41, 5.74) is 1.00. The first-order chi connectivity index (χ1) is 8.54. The molecule has 0 aliphatic carbocycles. The van der Waals surface area contributed by atoms with Gasteiger partial charge in [-0.25, -0.2) is 4.39 Å². The van der Waals surface area contributed by atoms with Gasteiger partial charge in [0.05, 0.1) is 6.61 Å². The molecule has 0 fully saturated rings. The Bertz CT molecular complexity index is 407. The van der Waals surface area contributed by atoms with Crippen LogP contribution in [-0.4, -0.2) is 44.5 Å². The molecule has 0 saturated heterocycles. The van der Waals surface area contributed by atoms with Gasteiger partial charge in [0.15, 0.2) is 5.78 Å². The van der Waals surface area contributed by atoms with Crippen molar-refractivity contribution < 1.29 is 13.9 Å². The van der Waals surface area contributed by atoms with Crippen LogP contribution in [0.3, 0.4) is 0 Å². The highest BCUT2D eigenvalue weighted by atomic mass is 19.1. The Kier molecular flexibility index (Phi) is 5.95. The summed E-state index contributed by atoms with van der Waals surface area (Å²) in [5.74, 6) is -0.355. The second-order valence-corrected chi connectivity index (χ2v) is 4.43. The molecular weight excluding hydrogens is 233 g/mol. The van der Waals surface area contributed by atoms with Crippen molar-refractivity contribution in [1.82, 2.24) is 4.90 Å². The molecule has 1 rings (SSSR count). The SMILES string of the molecule is COCCN(C)CCC(=O)c1ccc(C)c(F)c1. The van der Waals surface area contributed by atoms with Crippen LogP contribution < -0.4 is 0 Å². The number of hydrogen-bond acceptors (Lipinski definition) is 3. The van der Waals surface area contributed by atoms with Gasteiger partial charge in [-0.05, 0) is 25.6 Å². The van der Waals surface area contributed by atoms with Crippen molar-refractivity contribution in [2.45, 2.75) is 13.3 Å². The maximum Gasteiger partial charge on any atom is 0.164 e. The lowest BCUT2D eigenvalue weighted by Gasteiger charge is -2.15. The van der Waals surface area contributed by atoms with Crippen molar-refractivity contribution in [3.63, 3.8) is 0 Å². The van der Waals surface area contributed by atoms with E-state index < -0.39 is 0 Å². The van der Waals surface area contributed by atoms with Crippen molar-refractivity contribution in [3.05, 3.63) is 35.1 Å². The Hall–Kier alpha value is -1.26.